The Hall–Kier alpha value is -0.570. The molecule has 0 radical (unpaired) electrons. The quantitative estimate of drug-likeness (QED) is 0.300. The predicted octanol–water partition coefficient (Wildman–Crippen LogP) is 5.94. The van der Waals surface area contributed by atoms with Crippen LogP contribution in [-0.2, 0) is 0 Å². The van der Waals surface area contributed by atoms with Gasteiger partial charge in [0.2, 0.25) is 0 Å². The summed E-state index contributed by atoms with van der Waals surface area (Å²) in [5.74, 6) is 1.32. The fourth-order valence-electron chi connectivity index (χ4n) is 4.04. The third kappa shape index (κ3) is 11.9. The third-order valence-electron chi connectivity index (χ3n) is 5.75. The SMILES string of the molecule is CCCCCCCCCCCCCCCCCCC1=NCCN1C(C)[NH3+]. The number of nitrogens with zero attached hydrogens (tertiary/aromatic N) is 2. The molecule has 0 spiro atoms. The van der Waals surface area contributed by atoms with Crippen LogP contribution in [0, 0.1) is 0 Å². The summed E-state index contributed by atoms with van der Waals surface area (Å²) in [7, 11) is 0. The van der Waals surface area contributed by atoms with Gasteiger partial charge in [-0.25, -0.2) is 0 Å². The largest absolute Gasteiger partial charge is 0.338 e. The van der Waals surface area contributed by atoms with Crippen molar-refractivity contribution >= 4 is 5.84 Å². The molecule has 3 heteroatoms. The molecule has 0 bridgehead atoms. The Kier molecular flexibility index (Phi) is 15.0. The monoisotopic (exact) mass is 366 g/mol. The van der Waals surface area contributed by atoms with E-state index in [2.05, 4.69) is 29.5 Å². The van der Waals surface area contributed by atoms with E-state index in [1.807, 2.05) is 0 Å². The maximum Gasteiger partial charge on any atom is 0.158 e. The minimum atomic E-state index is 0.373. The molecule has 3 N–H and O–H groups in total. The van der Waals surface area contributed by atoms with Crippen molar-refractivity contribution in [1.82, 2.24) is 4.90 Å². The average molecular weight is 367 g/mol. The molecular weight excluding hydrogens is 318 g/mol. The van der Waals surface area contributed by atoms with Gasteiger partial charge in [0.15, 0.2) is 6.17 Å². The Morgan fingerprint density at radius 3 is 1.62 bits per heavy atom. The number of aliphatic imine (C=N–C) groups is 1. The molecule has 0 fully saturated rings. The minimum Gasteiger partial charge on any atom is -0.338 e. The zero-order valence-corrected chi connectivity index (χ0v) is 18.1. The van der Waals surface area contributed by atoms with Crippen molar-refractivity contribution in [3.05, 3.63) is 0 Å². The maximum absolute atomic E-state index is 4.65. The second-order valence-electron chi connectivity index (χ2n) is 8.39. The second-order valence-corrected chi connectivity index (χ2v) is 8.39. The Morgan fingerprint density at radius 1 is 0.769 bits per heavy atom. The molecule has 0 aromatic carbocycles. The summed E-state index contributed by atoms with van der Waals surface area (Å²) in [5.41, 5.74) is 4.14. The van der Waals surface area contributed by atoms with E-state index in [-0.39, 0.29) is 0 Å². The first-order chi connectivity index (χ1) is 12.8. The Balaban J connectivity index is 1.76. The Labute approximate surface area is 164 Å². The zero-order chi connectivity index (χ0) is 18.9. The van der Waals surface area contributed by atoms with Crippen LogP contribution in [0.15, 0.2) is 4.99 Å². The van der Waals surface area contributed by atoms with E-state index in [1.165, 1.54) is 109 Å². The summed E-state index contributed by atoms with van der Waals surface area (Å²) in [6, 6.07) is 0. The number of rotatable bonds is 18. The standard InChI is InChI=1S/C23H47N3/c1-3-4-5-6-7-8-9-10-11-12-13-14-15-16-17-18-19-23-25-20-21-26(23)22(2)24/h22H,3-21,24H2,1-2H3/p+1. The second kappa shape index (κ2) is 16.6. The minimum absolute atomic E-state index is 0.373. The van der Waals surface area contributed by atoms with E-state index in [4.69, 9.17) is 0 Å². The lowest BCUT2D eigenvalue weighted by Gasteiger charge is -2.21. The van der Waals surface area contributed by atoms with Gasteiger partial charge in [-0.2, -0.15) is 0 Å². The van der Waals surface area contributed by atoms with Gasteiger partial charge in [0.25, 0.3) is 0 Å². The van der Waals surface area contributed by atoms with Gasteiger partial charge in [-0.3, -0.25) is 4.99 Å². The lowest BCUT2D eigenvalue weighted by Crippen LogP contribution is -2.67. The first-order valence-electron chi connectivity index (χ1n) is 11.9. The van der Waals surface area contributed by atoms with E-state index >= 15 is 0 Å². The molecule has 0 aromatic rings. The van der Waals surface area contributed by atoms with Crippen molar-refractivity contribution in [3.63, 3.8) is 0 Å². The first-order valence-corrected chi connectivity index (χ1v) is 11.9. The highest BCUT2D eigenvalue weighted by Gasteiger charge is 2.20. The van der Waals surface area contributed by atoms with Crippen LogP contribution in [0.5, 0.6) is 0 Å². The molecule has 1 rings (SSSR count). The summed E-state index contributed by atoms with van der Waals surface area (Å²) in [4.78, 5) is 7.03. The Morgan fingerprint density at radius 2 is 1.19 bits per heavy atom. The predicted molar refractivity (Wildman–Crippen MR) is 116 cm³/mol. The molecule has 0 amide bonds. The molecule has 0 aliphatic carbocycles. The van der Waals surface area contributed by atoms with Crippen molar-refractivity contribution in [2.75, 3.05) is 13.1 Å². The summed E-state index contributed by atoms with van der Waals surface area (Å²) < 4.78 is 0. The number of quaternary nitrogens is 1. The summed E-state index contributed by atoms with van der Waals surface area (Å²) in [5, 5.41) is 0. The first kappa shape index (κ1) is 23.5. The molecule has 1 aliphatic heterocycles. The topological polar surface area (TPSA) is 43.2 Å². The van der Waals surface area contributed by atoms with Crippen LogP contribution >= 0.6 is 0 Å². The van der Waals surface area contributed by atoms with Gasteiger partial charge in [-0.05, 0) is 6.42 Å². The number of hydrogen-bond acceptors (Lipinski definition) is 2. The molecule has 26 heavy (non-hydrogen) atoms. The molecule has 0 aromatic heterocycles. The average Bonchev–Trinajstić information content (AvgIpc) is 3.10. The van der Waals surface area contributed by atoms with Crippen molar-refractivity contribution in [1.29, 1.82) is 0 Å². The van der Waals surface area contributed by atoms with Gasteiger partial charge in [0.05, 0.1) is 6.54 Å². The smallest absolute Gasteiger partial charge is 0.158 e. The molecule has 1 aliphatic rings. The van der Waals surface area contributed by atoms with Gasteiger partial charge >= 0.3 is 0 Å². The normalized spacial score (nSPS) is 15.5. The highest BCUT2D eigenvalue weighted by molar-refractivity contribution is 5.83. The zero-order valence-electron chi connectivity index (χ0n) is 18.1. The van der Waals surface area contributed by atoms with Crippen molar-refractivity contribution < 1.29 is 5.73 Å². The molecule has 0 saturated heterocycles. The number of hydrogen-bond donors (Lipinski definition) is 1. The maximum atomic E-state index is 4.65. The fraction of sp³-hybridized carbons (Fsp3) is 0.957. The summed E-state index contributed by atoms with van der Waals surface area (Å²) >= 11 is 0. The van der Waals surface area contributed by atoms with Crippen LogP contribution in [0.1, 0.15) is 123 Å². The van der Waals surface area contributed by atoms with E-state index in [0.29, 0.717) is 6.17 Å². The van der Waals surface area contributed by atoms with Crippen molar-refractivity contribution in [2.24, 2.45) is 4.99 Å². The molecule has 1 heterocycles. The van der Waals surface area contributed by atoms with Crippen molar-refractivity contribution in [3.8, 4) is 0 Å². The van der Waals surface area contributed by atoms with Gasteiger partial charge in [-0.15, -0.1) is 0 Å². The van der Waals surface area contributed by atoms with Gasteiger partial charge in [0.1, 0.15) is 5.84 Å². The van der Waals surface area contributed by atoms with Gasteiger partial charge in [0, 0.05) is 19.9 Å². The molecule has 0 saturated carbocycles. The summed E-state index contributed by atoms with van der Waals surface area (Å²) in [6.07, 6.45) is 24.5. The summed E-state index contributed by atoms with van der Waals surface area (Å²) in [6.45, 7) is 6.53. The molecule has 1 unspecified atom stereocenters. The molecule has 154 valence electrons. The van der Waals surface area contributed by atoms with E-state index in [9.17, 15) is 0 Å². The van der Waals surface area contributed by atoms with Crippen LogP contribution in [0.4, 0.5) is 0 Å². The third-order valence-corrected chi connectivity index (χ3v) is 5.75. The lowest BCUT2D eigenvalue weighted by molar-refractivity contribution is -0.442. The number of unbranched alkanes of at least 4 members (excludes halogenated alkanes) is 15. The van der Waals surface area contributed by atoms with Crippen LogP contribution in [0.3, 0.4) is 0 Å². The highest BCUT2D eigenvalue weighted by Crippen LogP contribution is 2.15. The van der Waals surface area contributed by atoms with E-state index in [0.717, 1.165) is 19.5 Å². The van der Waals surface area contributed by atoms with E-state index < -0.39 is 0 Å². The number of amidine groups is 1. The van der Waals surface area contributed by atoms with Crippen LogP contribution in [0.2, 0.25) is 0 Å². The van der Waals surface area contributed by atoms with Crippen LogP contribution < -0.4 is 5.73 Å². The van der Waals surface area contributed by atoms with Gasteiger partial charge in [-0.1, -0.05) is 103 Å². The fourth-order valence-corrected chi connectivity index (χ4v) is 4.04. The highest BCUT2D eigenvalue weighted by atomic mass is 15.3. The van der Waals surface area contributed by atoms with Crippen LogP contribution in [-0.4, -0.2) is 30.0 Å². The lowest BCUT2D eigenvalue weighted by atomic mass is 10.0. The molecule has 3 nitrogen and oxygen atoms in total. The molecule has 1 atom stereocenters. The van der Waals surface area contributed by atoms with Gasteiger partial charge < -0.3 is 10.6 Å². The van der Waals surface area contributed by atoms with Crippen LogP contribution in [0.25, 0.3) is 0 Å². The Bertz CT molecular complexity index is 338. The van der Waals surface area contributed by atoms with Crippen molar-refractivity contribution in [2.45, 2.75) is 129 Å². The molecular formula is C23H48N3+. The van der Waals surface area contributed by atoms with E-state index in [1.54, 1.807) is 0 Å².